The fourth-order valence-corrected chi connectivity index (χ4v) is 0.570. The van der Waals surface area contributed by atoms with Crippen LogP contribution in [0.25, 0.3) is 0 Å². The quantitative estimate of drug-likeness (QED) is 0.658. The maximum atomic E-state index is 11.4. The Hall–Kier alpha value is -0.700. The van der Waals surface area contributed by atoms with Gasteiger partial charge < -0.3 is 0 Å². The van der Waals surface area contributed by atoms with E-state index in [2.05, 4.69) is 20.9 Å². The zero-order valence-electron chi connectivity index (χ0n) is 10.7. The molecule has 0 saturated heterocycles. The molecule has 0 spiro atoms. The Morgan fingerprint density at radius 1 is 1.90 bits per heavy atom. The average Bonchev–Trinajstić information content (AvgIpc) is 2.18. The van der Waals surface area contributed by atoms with E-state index < -0.39 is 36.6 Å². The van der Waals surface area contributed by atoms with Gasteiger partial charge in [0.25, 0.3) is 0 Å². The highest BCUT2D eigenvalue weighted by Crippen LogP contribution is 2.07. The third-order valence-corrected chi connectivity index (χ3v) is 1.15. The van der Waals surface area contributed by atoms with E-state index in [0.29, 0.717) is 0 Å². The second-order valence-electron chi connectivity index (χ2n) is 1.47. The molecular weight excluding hydrogens is 194 g/mol. The first-order valence-corrected chi connectivity index (χ1v) is 3.13. The number of carbonyl (C=O) groups is 1. The molecule has 0 amide bonds. The summed E-state index contributed by atoms with van der Waals surface area (Å²) < 4.78 is 42.7. The lowest BCUT2D eigenvalue weighted by molar-refractivity contribution is 0.101. The van der Waals surface area contributed by atoms with E-state index in [0.717, 1.165) is 0 Å². The van der Waals surface area contributed by atoms with Gasteiger partial charge in [-0.3, -0.25) is 9.78 Å². The zero-order chi connectivity index (χ0) is 12.7. The minimum atomic E-state index is -2.92. The second-order valence-corrected chi connectivity index (χ2v) is 2.26. The first-order valence-electron chi connectivity index (χ1n) is 5.34. The molecule has 0 unspecified atom stereocenters. The van der Waals surface area contributed by atoms with Crippen LogP contribution >= 0.6 is 15.9 Å². The number of pyridine rings is 1. The van der Waals surface area contributed by atoms with Crippen LogP contribution in [0, 0.1) is 0 Å². The van der Waals surface area contributed by atoms with Gasteiger partial charge in [0.15, 0.2) is 5.78 Å². The topological polar surface area (TPSA) is 30.0 Å². The van der Waals surface area contributed by atoms with Gasteiger partial charge >= 0.3 is 0 Å². The maximum absolute atomic E-state index is 11.4. The van der Waals surface area contributed by atoms with Crippen LogP contribution in [0.3, 0.4) is 0 Å². The molecule has 0 fully saturated rings. The Labute approximate surface area is 75.8 Å². The van der Waals surface area contributed by atoms with Crippen molar-refractivity contribution in [2.75, 3.05) is 0 Å². The number of aromatic nitrogens is 1. The van der Waals surface area contributed by atoms with E-state index in [-0.39, 0.29) is 4.47 Å². The van der Waals surface area contributed by atoms with Crippen LogP contribution in [0.15, 0.2) is 22.7 Å². The largest absolute Gasteiger partial charge is 0.293 e. The highest BCUT2D eigenvalue weighted by atomic mass is 79.9. The molecule has 0 aromatic carbocycles. The number of carbonyl (C=O) groups excluding carboxylic acids is 1. The summed E-state index contributed by atoms with van der Waals surface area (Å²) in [6, 6.07) is -1.02. The third kappa shape index (κ3) is 1.64. The van der Waals surface area contributed by atoms with Crippen molar-refractivity contribution >= 4 is 21.7 Å². The summed E-state index contributed by atoms with van der Waals surface area (Å²) in [4.78, 5) is 14.8. The molecule has 2 nitrogen and oxygen atoms in total. The number of rotatable bonds is 1. The smallest absolute Gasteiger partial charge is 0.178 e. The summed E-state index contributed by atoms with van der Waals surface area (Å²) >= 11 is 2.85. The molecule has 0 radical (unpaired) electrons. The molecule has 0 aliphatic heterocycles. The summed E-state index contributed by atoms with van der Waals surface area (Å²) in [5, 5.41) is 0. The van der Waals surface area contributed by atoms with Gasteiger partial charge in [-0.1, -0.05) is 0 Å². The van der Waals surface area contributed by atoms with Gasteiger partial charge in [-0.25, -0.2) is 0 Å². The number of halogens is 1. The predicted molar refractivity (Wildman–Crippen MR) is 41.9 cm³/mol. The van der Waals surface area contributed by atoms with E-state index in [4.69, 9.17) is 8.22 Å². The standard InChI is InChI=1S/C7H6BrNO/c1-5(10)7-3-2-6(8)4-9-7/h2-4H,1H3/i1D3,2D,3D,4D. The molecule has 0 aliphatic carbocycles. The Kier molecular flexibility index (Phi) is 0.800. The molecule has 0 bridgehead atoms. The lowest BCUT2D eigenvalue weighted by Gasteiger charge is -1.92. The minimum absolute atomic E-state index is 0.0420. The predicted octanol–water partition coefficient (Wildman–Crippen LogP) is 2.05. The van der Waals surface area contributed by atoms with Crippen LogP contribution in [0.5, 0.6) is 0 Å². The van der Waals surface area contributed by atoms with Crippen LogP contribution in [0.4, 0.5) is 0 Å². The van der Waals surface area contributed by atoms with Crippen molar-refractivity contribution in [3.63, 3.8) is 0 Å². The molecule has 1 aromatic heterocycles. The van der Waals surface area contributed by atoms with E-state index >= 15 is 0 Å². The lowest BCUT2D eigenvalue weighted by atomic mass is 10.3. The molecule has 0 atom stereocenters. The Morgan fingerprint density at radius 2 is 2.70 bits per heavy atom. The Balaban J connectivity index is 3.43. The van der Waals surface area contributed by atoms with E-state index in [1.54, 1.807) is 0 Å². The van der Waals surface area contributed by atoms with Gasteiger partial charge in [0, 0.05) is 21.6 Å². The first kappa shape index (κ1) is 2.74. The summed E-state index contributed by atoms with van der Waals surface area (Å²) in [6.07, 6.45) is -0.436. The van der Waals surface area contributed by atoms with Crippen molar-refractivity contribution < 1.29 is 13.0 Å². The third-order valence-electron chi connectivity index (χ3n) is 0.772. The highest BCUT2D eigenvalue weighted by molar-refractivity contribution is 9.10. The fraction of sp³-hybridized carbons (Fsp3) is 0.143. The van der Waals surface area contributed by atoms with Crippen molar-refractivity contribution in [3.05, 3.63) is 28.4 Å². The maximum Gasteiger partial charge on any atom is 0.178 e. The number of hydrogen-bond donors (Lipinski definition) is 0. The molecule has 3 heteroatoms. The van der Waals surface area contributed by atoms with E-state index in [9.17, 15) is 4.79 Å². The van der Waals surface area contributed by atoms with E-state index in [1.165, 1.54) is 0 Å². The number of Topliss-reactive ketones (excluding diaryl/α,β-unsaturated/α-hetero) is 1. The van der Waals surface area contributed by atoms with Crippen LogP contribution in [0.2, 0.25) is 0 Å². The minimum Gasteiger partial charge on any atom is -0.293 e. The van der Waals surface area contributed by atoms with Crippen molar-refractivity contribution in [1.29, 1.82) is 0 Å². The molecule has 1 aromatic rings. The van der Waals surface area contributed by atoms with Crippen LogP contribution in [-0.2, 0) is 0 Å². The van der Waals surface area contributed by atoms with Gasteiger partial charge in [-0.15, -0.1) is 0 Å². The number of ketones is 1. The molecule has 0 aliphatic rings. The summed E-state index contributed by atoms with van der Waals surface area (Å²) in [5.41, 5.74) is -0.668. The first-order chi connectivity index (χ1) is 7.16. The van der Waals surface area contributed by atoms with Crippen LogP contribution in [-0.4, -0.2) is 10.8 Å². The monoisotopic (exact) mass is 205 g/mol. The lowest BCUT2D eigenvalue weighted by Crippen LogP contribution is -1.94. The Morgan fingerprint density at radius 3 is 3.40 bits per heavy atom. The summed E-state index contributed by atoms with van der Waals surface area (Å²) in [7, 11) is 0. The molecule has 0 N–H and O–H groups in total. The molecule has 10 heavy (non-hydrogen) atoms. The molecule has 52 valence electrons. The van der Waals surface area contributed by atoms with Crippen molar-refractivity contribution in [3.8, 4) is 0 Å². The molecule has 1 rings (SSSR count). The van der Waals surface area contributed by atoms with Gasteiger partial charge in [-0.2, -0.15) is 0 Å². The van der Waals surface area contributed by atoms with Gasteiger partial charge in [-0.05, 0) is 28.0 Å². The summed E-state index contributed by atoms with van der Waals surface area (Å²) in [6.45, 7) is -2.92. The summed E-state index contributed by atoms with van der Waals surface area (Å²) in [5.74, 6) is -1.33. The zero-order valence-corrected chi connectivity index (χ0v) is 6.32. The van der Waals surface area contributed by atoms with Crippen molar-refractivity contribution in [2.45, 2.75) is 6.85 Å². The fourth-order valence-electron chi connectivity index (χ4n) is 0.382. The second kappa shape index (κ2) is 2.92. The number of hydrogen-bond acceptors (Lipinski definition) is 2. The van der Waals surface area contributed by atoms with Crippen molar-refractivity contribution in [2.24, 2.45) is 0 Å². The van der Waals surface area contributed by atoms with Gasteiger partial charge in [0.2, 0.25) is 0 Å². The molecule has 1 heterocycles. The average molecular weight is 206 g/mol. The SMILES string of the molecule is [2H]c1nc(C(=O)C([2H])([2H])[2H])c([2H])c([2H])c1Br. The van der Waals surface area contributed by atoms with Gasteiger partial charge in [0.05, 0.1) is 4.11 Å². The van der Waals surface area contributed by atoms with E-state index in [1.807, 2.05) is 0 Å². The highest BCUT2D eigenvalue weighted by Gasteiger charge is 1.97. The van der Waals surface area contributed by atoms with Gasteiger partial charge in [0.1, 0.15) is 5.69 Å². The normalized spacial score (nSPS) is 19.3. The van der Waals surface area contributed by atoms with Crippen LogP contribution in [0.1, 0.15) is 25.6 Å². The van der Waals surface area contributed by atoms with Crippen molar-refractivity contribution in [1.82, 2.24) is 4.98 Å². The van der Waals surface area contributed by atoms with Crippen LogP contribution < -0.4 is 0 Å². The number of nitrogens with zero attached hydrogens (tertiary/aromatic N) is 1. The molecule has 0 saturated carbocycles. The Bertz CT molecular complexity index is 457. The molecular formula is C7H6BrNO.